The molecule has 0 saturated carbocycles. The van der Waals surface area contributed by atoms with Crippen LogP contribution in [0.4, 0.5) is 13.2 Å². The van der Waals surface area contributed by atoms with Crippen LogP contribution in [0.1, 0.15) is 16.8 Å². The maximum absolute atomic E-state index is 13.9. The predicted molar refractivity (Wildman–Crippen MR) is 105 cm³/mol. The predicted octanol–water partition coefficient (Wildman–Crippen LogP) is 5.73. The van der Waals surface area contributed by atoms with Crippen molar-refractivity contribution in [1.29, 1.82) is 0 Å². The molecule has 4 nitrogen and oxygen atoms in total. The number of aryl methyl sites for hydroxylation is 2. The maximum atomic E-state index is 13.9. The number of aromatic nitrogens is 3. The number of rotatable bonds is 3. The second-order valence-corrected chi connectivity index (χ2v) is 6.81. The van der Waals surface area contributed by atoms with E-state index in [0.717, 1.165) is 11.6 Å². The van der Waals surface area contributed by atoms with Crippen molar-refractivity contribution in [2.45, 2.75) is 20.0 Å². The van der Waals surface area contributed by atoms with Crippen molar-refractivity contribution in [3.05, 3.63) is 71.4 Å². The molecule has 148 valence electrons. The van der Waals surface area contributed by atoms with Gasteiger partial charge in [0.05, 0.1) is 35.1 Å². The van der Waals surface area contributed by atoms with Crippen LogP contribution >= 0.6 is 0 Å². The lowest BCUT2D eigenvalue weighted by Gasteiger charge is -2.12. The smallest absolute Gasteiger partial charge is 0.417 e. The van der Waals surface area contributed by atoms with Crippen molar-refractivity contribution in [3.8, 4) is 22.7 Å². The molecule has 0 amide bonds. The van der Waals surface area contributed by atoms with Gasteiger partial charge in [0.15, 0.2) is 5.65 Å². The number of benzene rings is 2. The van der Waals surface area contributed by atoms with E-state index in [9.17, 15) is 13.2 Å². The van der Waals surface area contributed by atoms with Crippen LogP contribution in [0, 0.1) is 13.8 Å². The Morgan fingerprint density at radius 1 is 0.931 bits per heavy atom. The topological polar surface area (TPSA) is 39.9 Å². The number of nitrogens with zero attached hydrogens (tertiary/aromatic N) is 3. The van der Waals surface area contributed by atoms with Crippen molar-refractivity contribution in [2.75, 3.05) is 7.11 Å². The van der Waals surface area contributed by atoms with Crippen molar-refractivity contribution in [1.82, 2.24) is 14.8 Å². The summed E-state index contributed by atoms with van der Waals surface area (Å²) in [5.41, 5.74) is 2.18. The molecule has 7 heteroatoms. The van der Waals surface area contributed by atoms with Gasteiger partial charge in [-0.05, 0) is 44.2 Å². The van der Waals surface area contributed by atoms with Crippen LogP contribution in [-0.4, -0.2) is 21.9 Å². The van der Waals surface area contributed by atoms with Gasteiger partial charge in [-0.2, -0.15) is 18.3 Å². The fourth-order valence-corrected chi connectivity index (χ4v) is 3.29. The van der Waals surface area contributed by atoms with Crippen LogP contribution in [0.5, 0.6) is 5.75 Å². The highest BCUT2D eigenvalue weighted by Crippen LogP contribution is 2.38. The van der Waals surface area contributed by atoms with Crippen molar-refractivity contribution in [2.24, 2.45) is 0 Å². The number of pyridine rings is 1. The third-order valence-corrected chi connectivity index (χ3v) is 4.78. The molecule has 0 N–H and O–H groups in total. The summed E-state index contributed by atoms with van der Waals surface area (Å²) in [5.74, 6) is 0.645. The maximum Gasteiger partial charge on any atom is 0.417 e. The molecule has 0 radical (unpaired) electrons. The van der Waals surface area contributed by atoms with Crippen LogP contribution in [0.25, 0.3) is 28.0 Å². The van der Waals surface area contributed by atoms with Gasteiger partial charge < -0.3 is 4.74 Å². The Labute approximate surface area is 165 Å². The first kappa shape index (κ1) is 19.0. The van der Waals surface area contributed by atoms with E-state index in [1.165, 1.54) is 4.68 Å². The minimum absolute atomic E-state index is 0.00387. The molecule has 0 unspecified atom stereocenters. The first-order chi connectivity index (χ1) is 13.8. The second kappa shape index (κ2) is 6.92. The van der Waals surface area contributed by atoms with Gasteiger partial charge in [0.2, 0.25) is 0 Å². The number of methoxy groups -OCH3 is 1. The van der Waals surface area contributed by atoms with Crippen molar-refractivity contribution >= 4 is 11.0 Å². The van der Waals surface area contributed by atoms with Gasteiger partial charge in [0, 0.05) is 5.56 Å². The Bertz CT molecular complexity index is 1180. The van der Waals surface area contributed by atoms with Gasteiger partial charge in [0.25, 0.3) is 0 Å². The van der Waals surface area contributed by atoms with E-state index < -0.39 is 11.7 Å². The van der Waals surface area contributed by atoms with E-state index in [2.05, 4.69) is 10.1 Å². The van der Waals surface area contributed by atoms with Gasteiger partial charge >= 0.3 is 6.18 Å². The fourth-order valence-electron chi connectivity index (χ4n) is 3.29. The summed E-state index contributed by atoms with van der Waals surface area (Å²) in [7, 11) is 1.55. The molecule has 0 aliphatic carbocycles. The van der Waals surface area contributed by atoms with Crippen LogP contribution in [0.2, 0.25) is 0 Å². The van der Waals surface area contributed by atoms with Gasteiger partial charge in [-0.15, -0.1) is 0 Å². The molecule has 0 saturated heterocycles. The Kier molecular flexibility index (Phi) is 4.53. The molecule has 4 rings (SSSR count). The molecular formula is C22H18F3N3O. The lowest BCUT2D eigenvalue weighted by Crippen LogP contribution is -2.08. The van der Waals surface area contributed by atoms with E-state index in [-0.39, 0.29) is 22.4 Å². The standard InChI is InChI=1S/C22H18F3N3O/c1-13-4-6-15(7-5-13)19-12-18(22(23,24)25)20-14(2)27-28(21(20)26-19)16-8-10-17(29-3)11-9-16/h4-12H,1-3H3. The second-order valence-electron chi connectivity index (χ2n) is 6.81. The first-order valence-corrected chi connectivity index (χ1v) is 8.97. The number of hydrogen-bond donors (Lipinski definition) is 0. The van der Waals surface area contributed by atoms with Gasteiger partial charge in [0.1, 0.15) is 5.75 Å². The molecule has 0 aliphatic heterocycles. The monoisotopic (exact) mass is 397 g/mol. The third kappa shape index (κ3) is 3.44. The molecule has 2 aromatic carbocycles. The van der Waals surface area contributed by atoms with E-state index in [1.807, 2.05) is 19.1 Å². The molecule has 0 spiro atoms. The molecule has 0 fully saturated rings. The molecule has 0 bridgehead atoms. The quantitative estimate of drug-likeness (QED) is 0.443. The van der Waals surface area contributed by atoms with Gasteiger partial charge in [-0.1, -0.05) is 29.8 Å². The highest BCUT2D eigenvalue weighted by Gasteiger charge is 2.35. The van der Waals surface area contributed by atoms with Crippen LogP contribution in [-0.2, 0) is 6.18 Å². The number of alkyl halides is 3. The average molecular weight is 397 g/mol. The summed E-state index contributed by atoms with van der Waals surface area (Å²) in [6.45, 7) is 3.48. The highest BCUT2D eigenvalue weighted by molar-refractivity contribution is 5.87. The summed E-state index contributed by atoms with van der Waals surface area (Å²) in [4.78, 5) is 4.56. The van der Waals surface area contributed by atoms with Crippen molar-refractivity contribution < 1.29 is 17.9 Å². The van der Waals surface area contributed by atoms with Crippen LogP contribution < -0.4 is 4.74 Å². The number of ether oxygens (including phenoxy) is 1. The lowest BCUT2D eigenvalue weighted by atomic mass is 10.0. The van der Waals surface area contributed by atoms with E-state index in [1.54, 1.807) is 50.4 Å². The van der Waals surface area contributed by atoms with Gasteiger partial charge in [-0.3, -0.25) is 0 Å². The lowest BCUT2D eigenvalue weighted by molar-refractivity contribution is -0.136. The molecule has 4 aromatic rings. The minimum Gasteiger partial charge on any atom is -0.497 e. The molecular weight excluding hydrogens is 379 g/mol. The van der Waals surface area contributed by atoms with Crippen LogP contribution in [0.15, 0.2) is 54.6 Å². The minimum atomic E-state index is -4.53. The number of halogens is 3. The zero-order valence-electron chi connectivity index (χ0n) is 16.1. The average Bonchev–Trinajstić information content (AvgIpc) is 3.04. The molecule has 2 aromatic heterocycles. The fraction of sp³-hybridized carbons (Fsp3) is 0.182. The molecule has 0 atom stereocenters. The summed E-state index contributed by atoms with van der Waals surface area (Å²) in [6.07, 6.45) is -4.53. The zero-order chi connectivity index (χ0) is 20.8. The summed E-state index contributed by atoms with van der Waals surface area (Å²) < 4.78 is 48.3. The van der Waals surface area contributed by atoms with E-state index in [0.29, 0.717) is 17.0 Å². The Morgan fingerprint density at radius 2 is 1.59 bits per heavy atom. The Hall–Kier alpha value is -3.35. The van der Waals surface area contributed by atoms with Crippen molar-refractivity contribution in [3.63, 3.8) is 0 Å². The Balaban J connectivity index is 2.01. The zero-order valence-corrected chi connectivity index (χ0v) is 16.1. The number of hydrogen-bond acceptors (Lipinski definition) is 3. The summed E-state index contributed by atoms with van der Waals surface area (Å²) in [6, 6.07) is 15.3. The number of fused-ring (bicyclic) bond motifs is 1. The van der Waals surface area contributed by atoms with Crippen LogP contribution in [0.3, 0.4) is 0 Å². The summed E-state index contributed by atoms with van der Waals surface area (Å²) >= 11 is 0. The molecule has 2 heterocycles. The SMILES string of the molecule is COc1ccc(-n2nc(C)c3c(C(F)(F)F)cc(-c4ccc(C)cc4)nc32)cc1. The van der Waals surface area contributed by atoms with E-state index >= 15 is 0 Å². The normalized spacial score (nSPS) is 11.8. The Morgan fingerprint density at radius 3 is 2.17 bits per heavy atom. The molecule has 0 aliphatic rings. The third-order valence-electron chi connectivity index (χ3n) is 4.78. The van der Waals surface area contributed by atoms with E-state index in [4.69, 9.17) is 4.74 Å². The summed E-state index contributed by atoms with van der Waals surface area (Å²) in [5, 5.41) is 4.36. The highest BCUT2D eigenvalue weighted by atomic mass is 19.4. The largest absolute Gasteiger partial charge is 0.497 e. The first-order valence-electron chi connectivity index (χ1n) is 8.97. The van der Waals surface area contributed by atoms with Gasteiger partial charge in [-0.25, -0.2) is 9.67 Å². The molecule has 29 heavy (non-hydrogen) atoms.